The van der Waals surface area contributed by atoms with Crippen molar-refractivity contribution in [3.05, 3.63) is 63.3 Å². The van der Waals surface area contributed by atoms with E-state index in [4.69, 9.17) is 4.74 Å². The van der Waals surface area contributed by atoms with E-state index in [9.17, 15) is 23.5 Å². The molecule has 1 heterocycles. The molecule has 7 nitrogen and oxygen atoms in total. The average Bonchev–Trinajstić information content (AvgIpc) is 3.25. The van der Waals surface area contributed by atoms with E-state index in [1.54, 1.807) is 11.0 Å². The molecule has 0 atom stereocenters. The number of benzene rings is 2. The number of carbonyl (C=O) groups is 1. The number of fused-ring (bicyclic) bond motifs is 1. The summed E-state index contributed by atoms with van der Waals surface area (Å²) >= 11 is 1.02. The lowest BCUT2D eigenvalue weighted by molar-refractivity contribution is -0.0404. The van der Waals surface area contributed by atoms with Crippen LogP contribution in [0, 0.1) is 0 Å². The van der Waals surface area contributed by atoms with Crippen LogP contribution in [-0.4, -0.2) is 52.7 Å². The Labute approximate surface area is 205 Å². The number of amides is 1. The van der Waals surface area contributed by atoms with Gasteiger partial charge in [0.1, 0.15) is 17.9 Å². The highest BCUT2D eigenvalue weighted by Gasteiger charge is 2.34. The molecule has 0 aliphatic heterocycles. The quantitative estimate of drug-likeness (QED) is 0.394. The number of H-pyrrole nitrogens is 1. The SMILES string of the molecule is O=C(OCc1ccccc1)N(CCNC1CCC(F)(F)CC1)CCc1ccc(O)c2[nH]c(=O)sc12. The van der Waals surface area contributed by atoms with Crippen molar-refractivity contribution < 1.29 is 23.4 Å². The van der Waals surface area contributed by atoms with Crippen LogP contribution in [0.2, 0.25) is 0 Å². The molecule has 1 aromatic heterocycles. The van der Waals surface area contributed by atoms with Gasteiger partial charge in [0.2, 0.25) is 5.92 Å². The molecule has 0 unspecified atom stereocenters. The van der Waals surface area contributed by atoms with E-state index in [2.05, 4.69) is 10.3 Å². The molecule has 1 aliphatic carbocycles. The fourth-order valence-electron chi connectivity index (χ4n) is 4.28. The Morgan fingerprint density at radius 3 is 2.66 bits per heavy atom. The molecular weight excluding hydrogens is 476 g/mol. The molecule has 0 radical (unpaired) electrons. The summed E-state index contributed by atoms with van der Waals surface area (Å²) in [6.07, 6.45) is 0.560. The normalized spacial score (nSPS) is 15.8. The highest BCUT2D eigenvalue weighted by Crippen LogP contribution is 2.33. The first kappa shape index (κ1) is 25.1. The lowest BCUT2D eigenvalue weighted by Gasteiger charge is -2.30. The monoisotopic (exact) mass is 505 g/mol. The Balaban J connectivity index is 1.39. The van der Waals surface area contributed by atoms with Gasteiger partial charge in [-0.05, 0) is 36.5 Å². The fourth-order valence-corrected chi connectivity index (χ4v) is 5.18. The van der Waals surface area contributed by atoms with Gasteiger partial charge in [-0.1, -0.05) is 47.7 Å². The molecule has 10 heteroatoms. The third-order valence-corrected chi connectivity index (χ3v) is 7.24. The number of alkyl halides is 2. The molecule has 3 N–H and O–H groups in total. The number of phenols is 1. The number of halogens is 2. The lowest BCUT2D eigenvalue weighted by atomic mass is 9.92. The van der Waals surface area contributed by atoms with Gasteiger partial charge in [0.25, 0.3) is 0 Å². The summed E-state index contributed by atoms with van der Waals surface area (Å²) in [6.45, 7) is 1.29. The van der Waals surface area contributed by atoms with Gasteiger partial charge in [-0.15, -0.1) is 0 Å². The number of carbonyl (C=O) groups excluding carboxylic acids is 1. The Hall–Kier alpha value is -2.98. The fraction of sp³-hybridized carbons (Fsp3) is 0.440. The van der Waals surface area contributed by atoms with E-state index in [-0.39, 0.29) is 36.1 Å². The van der Waals surface area contributed by atoms with Gasteiger partial charge in [0.15, 0.2) is 0 Å². The molecule has 0 bridgehead atoms. The second kappa shape index (κ2) is 11.2. The Kier molecular flexibility index (Phi) is 8.02. The number of nitrogens with zero attached hydrogens (tertiary/aromatic N) is 1. The number of rotatable bonds is 9. The molecule has 2 aromatic carbocycles. The average molecular weight is 506 g/mol. The second-order valence-corrected chi connectivity index (χ2v) is 9.81. The zero-order valence-electron chi connectivity index (χ0n) is 19.3. The zero-order chi connectivity index (χ0) is 24.8. The number of hydrogen-bond donors (Lipinski definition) is 3. The first-order valence-electron chi connectivity index (χ1n) is 11.7. The summed E-state index contributed by atoms with van der Waals surface area (Å²) in [5, 5.41) is 13.3. The van der Waals surface area contributed by atoms with Gasteiger partial charge in [-0.3, -0.25) is 4.79 Å². The summed E-state index contributed by atoms with van der Waals surface area (Å²) < 4.78 is 33.0. The summed E-state index contributed by atoms with van der Waals surface area (Å²) in [7, 11) is 0. The van der Waals surface area contributed by atoms with E-state index in [0.29, 0.717) is 49.1 Å². The number of aromatic hydroxyl groups is 1. The molecular formula is C25H29F2N3O4S. The van der Waals surface area contributed by atoms with Crippen molar-refractivity contribution in [2.45, 2.75) is 50.7 Å². The predicted molar refractivity (Wildman–Crippen MR) is 131 cm³/mol. The third-order valence-electron chi connectivity index (χ3n) is 6.29. The maximum atomic E-state index is 13.4. The Morgan fingerprint density at radius 1 is 1.17 bits per heavy atom. The van der Waals surface area contributed by atoms with Crippen molar-refractivity contribution in [2.75, 3.05) is 19.6 Å². The minimum absolute atomic E-state index is 0.00323. The number of nitrogens with one attached hydrogen (secondary N) is 2. The lowest BCUT2D eigenvalue weighted by Crippen LogP contribution is -2.43. The van der Waals surface area contributed by atoms with Crippen molar-refractivity contribution >= 4 is 27.6 Å². The van der Waals surface area contributed by atoms with Crippen molar-refractivity contribution in [3.63, 3.8) is 0 Å². The van der Waals surface area contributed by atoms with E-state index in [1.807, 2.05) is 30.3 Å². The molecule has 1 amide bonds. The van der Waals surface area contributed by atoms with Gasteiger partial charge in [-0.25, -0.2) is 13.6 Å². The zero-order valence-corrected chi connectivity index (χ0v) is 20.1. The van der Waals surface area contributed by atoms with Gasteiger partial charge >= 0.3 is 11.0 Å². The van der Waals surface area contributed by atoms with Gasteiger partial charge in [0, 0.05) is 38.5 Å². The molecule has 1 saturated carbocycles. The van der Waals surface area contributed by atoms with Crippen molar-refractivity contribution in [1.29, 1.82) is 0 Å². The topological polar surface area (TPSA) is 94.7 Å². The molecule has 3 aromatic rings. The summed E-state index contributed by atoms with van der Waals surface area (Å²) in [5.41, 5.74) is 2.11. The van der Waals surface area contributed by atoms with Crippen LogP contribution < -0.4 is 10.2 Å². The maximum absolute atomic E-state index is 13.4. The third kappa shape index (κ3) is 6.79. The number of phenolic OH excluding ortho intramolecular Hbond substituents is 1. The molecule has 0 saturated heterocycles. The van der Waals surface area contributed by atoms with Gasteiger partial charge in [0.05, 0.1) is 4.70 Å². The summed E-state index contributed by atoms with van der Waals surface area (Å²) in [5.74, 6) is -2.58. The van der Waals surface area contributed by atoms with Crippen molar-refractivity contribution in [1.82, 2.24) is 15.2 Å². The highest BCUT2D eigenvalue weighted by atomic mass is 32.1. The van der Waals surface area contributed by atoms with Crippen LogP contribution in [0.1, 0.15) is 36.8 Å². The summed E-state index contributed by atoms with van der Waals surface area (Å²) in [4.78, 5) is 28.7. The number of thiazole rings is 1. The first-order valence-corrected chi connectivity index (χ1v) is 12.5. The van der Waals surface area contributed by atoms with Crippen LogP contribution >= 0.6 is 11.3 Å². The van der Waals surface area contributed by atoms with E-state index in [1.165, 1.54) is 6.07 Å². The largest absolute Gasteiger partial charge is 0.506 e. The van der Waals surface area contributed by atoms with E-state index in [0.717, 1.165) is 22.5 Å². The highest BCUT2D eigenvalue weighted by molar-refractivity contribution is 7.16. The van der Waals surface area contributed by atoms with Crippen LogP contribution in [0.25, 0.3) is 10.2 Å². The number of ether oxygens (including phenoxy) is 1. The van der Waals surface area contributed by atoms with Crippen LogP contribution in [0.5, 0.6) is 5.75 Å². The second-order valence-electron chi connectivity index (χ2n) is 8.82. The molecule has 0 spiro atoms. The predicted octanol–water partition coefficient (Wildman–Crippen LogP) is 4.64. The Bertz CT molecular complexity index is 1190. The smallest absolute Gasteiger partial charge is 0.410 e. The molecule has 1 fully saturated rings. The van der Waals surface area contributed by atoms with Crippen LogP contribution in [0.4, 0.5) is 13.6 Å². The van der Waals surface area contributed by atoms with Crippen LogP contribution in [0.3, 0.4) is 0 Å². The number of aromatic nitrogens is 1. The Morgan fingerprint density at radius 2 is 1.91 bits per heavy atom. The summed E-state index contributed by atoms with van der Waals surface area (Å²) in [6, 6.07) is 12.7. The van der Waals surface area contributed by atoms with Crippen molar-refractivity contribution in [3.8, 4) is 5.75 Å². The minimum Gasteiger partial charge on any atom is -0.506 e. The molecule has 35 heavy (non-hydrogen) atoms. The molecule has 188 valence electrons. The number of hydrogen-bond acceptors (Lipinski definition) is 6. The van der Waals surface area contributed by atoms with Crippen molar-refractivity contribution in [2.24, 2.45) is 0 Å². The van der Waals surface area contributed by atoms with Gasteiger partial charge in [-0.2, -0.15) is 0 Å². The van der Waals surface area contributed by atoms with Crippen LogP contribution in [0.15, 0.2) is 47.3 Å². The first-order chi connectivity index (χ1) is 16.8. The van der Waals surface area contributed by atoms with E-state index >= 15 is 0 Å². The standard InChI is InChI=1S/C25H29F2N3O4S/c26-25(27)11-8-19(9-12-25)28-13-15-30(24(33)34-16-17-4-2-1-3-5-17)14-10-18-6-7-20(31)21-22(18)35-23(32)29-21/h1-7,19,28,31H,8-16H2,(H,29,32). The number of aromatic amines is 1. The molecule has 1 aliphatic rings. The molecule has 4 rings (SSSR count). The minimum atomic E-state index is -2.58. The van der Waals surface area contributed by atoms with Crippen LogP contribution in [-0.2, 0) is 17.8 Å². The maximum Gasteiger partial charge on any atom is 0.410 e. The van der Waals surface area contributed by atoms with Gasteiger partial charge < -0.3 is 25.0 Å². The van der Waals surface area contributed by atoms with E-state index < -0.39 is 12.0 Å².